The number of carbonyl (C=O) groups excluding carboxylic acids is 2. The Labute approximate surface area is 405 Å². The van der Waals surface area contributed by atoms with Crippen molar-refractivity contribution in [3.05, 3.63) is 85.1 Å². The van der Waals surface area contributed by atoms with Gasteiger partial charge in [-0.1, -0.05) is 137 Å². The molecule has 7 N–H and O–H groups in total. The van der Waals surface area contributed by atoms with Crippen molar-refractivity contribution in [3.63, 3.8) is 0 Å². The Hall–Kier alpha value is -3.32. The van der Waals surface area contributed by atoms with Crippen molar-refractivity contribution in [2.75, 3.05) is 26.4 Å². The summed E-state index contributed by atoms with van der Waals surface area (Å²) in [6, 6.07) is 0. The molecule has 0 spiro atoms. The summed E-state index contributed by atoms with van der Waals surface area (Å²) >= 11 is 0. The number of unbranched alkanes of at least 4 members (excludes halogenated alkanes) is 10. The normalized spacial score (nSPS) is 26.5. The first-order chi connectivity index (χ1) is 33.0. The van der Waals surface area contributed by atoms with Gasteiger partial charge in [-0.3, -0.25) is 9.59 Å². The molecule has 4 unspecified atom stereocenters. The van der Waals surface area contributed by atoms with E-state index in [-0.39, 0.29) is 19.4 Å². The second-order valence-electron chi connectivity index (χ2n) is 17.3. The number of allylic oxidation sites excluding steroid dienone is 14. The van der Waals surface area contributed by atoms with Crippen LogP contribution in [0.1, 0.15) is 142 Å². The van der Waals surface area contributed by atoms with Crippen LogP contribution in [-0.2, 0) is 38.0 Å². The van der Waals surface area contributed by atoms with Gasteiger partial charge >= 0.3 is 11.9 Å². The summed E-state index contributed by atoms with van der Waals surface area (Å²) in [7, 11) is 0. The molecule has 11 atom stereocenters. The number of aliphatic hydroxyl groups excluding tert-OH is 7. The Morgan fingerprint density at radius 3 is 1.57 bits per heavy atom. The summed E-state index contributed by atoms with van der Waals surface area (Å²) < 4.78 is 33.5. The molecular formula is C53H86O15. The fraction of sp³-hybridized carbons (Fsp3) is 0.698. The van der Waals surface area contributed by atoms with E-state index in [2.05, 4.69) is 86.8 Å². The maximum absolute atomic E-state index is 13.0. The molecule has 15 nitrogen and oxygen atoms in total. The molecule has 2 aliphatic heterocycles. The Balaban J connectivity index is 1.86. The van der Waals surface area contributed by atoms with Crippen LogP contribution in [0.25, 0.3) is 0 Å². The van der Waals surface area contributed by atoms with E-state index in [1.807, 2.05) is 12.2 Å². The fourth-order valence-electron chi connectivity index (χ4n) is 7.24. The van der Waals surface area contributed by atoms with Gasteiger partial charge in [-0.05, 0) is 77.0 Å². The molecule has 0 aromatic rings. The van der Waals surface area contributed by atoms with Gasteiger partial charge in [-0.2, -0.15) is 0 Å². The lowest BCUT2D eigenvalue weighted by atomic mass is 9.98. The molecule has 0 bridgehead atoms. The molecule has 388 valence electrons. The zero-order valence-electron chi connectivity index (χ0n) is 40.8. The number of rotatable bonds is 37. The summed E-state index contributed by atoms with van der Waals surface area (Å²) in [5.74, 6) is -1.02. The summed E-state index contributed by atoms with van der Waals surface area (Å²) in [6.45, 7) is 2.35. The summed E-state index contributed by atoms with van der Waals surface area (Å²) in [5, 5.41) is 72.0. The van der Waals surface area contributed by atoms with E-state index in [0.29, 0.717) is 19.3 Å². The average molecular weight is 963 g/mol. The van der Waals surface area contributed by atoms with E-state index in [0.717, 1.165) is 70.6 Å². The highest BCUT2D eigenvalue weighted by Gasteiger charge is 2.47. The lowest BCUT2D eigenvalue weighted by Crippen LogP contribution is -2.61. The minimum absolute atomic E-state index is 0.130. The molecule has 0 aliphatic carbocycles. The largest absolute Gasteiger partial charge is 0.462 e. The topological polar surface area (TPSA) is 231 Å². The van der Waals surface area contributed by atoms with Crippen LogP contribution >= 0.6 is 0 Å². The van der Waals surface area contributed by atoms with E-state index in [1.165, 1.54) is 25.7 Å². The van der Waals surface area contributed by atoms with Gasteiger partial charge in [0, 0.05) is 12.8 Å². The highest BCUT2D eigenvalue weighted by atomic mass is 16.7. The number of aliphatic hydroxyl groups is 7. The van der Waals surface area contributed by atoms with E-state index < -0.39 is 99.3 Å². The van der Waals surface area contributed by atoms with Crippen LogP contribution in [0.15, 0.2) is 85.1 Å². The Bertz CT molecular complexity index is 1510. The summed E-state index contributed by atoms with van der Waals surface area (Å²) in [5.41, 5.74) is 0. The van der Waals surface area contributed by atoms with Gasteiger partial charge in [0.05, 0.1) is 19.8 Å². The molecule has 0 aromatic heterocycles. The van der Waals surface area contributed by atoms with Gasteiger partial charge in [0.25, 0.3) is 0 Å². The van der Waals surface area contributed by atoms with Gasteiger partial charge < -0.3 is 64.2 Å². The number of esters is 2. The smallest absolute Gasteiger partial charge is 0.306 e. The van der Waals surface area contributed by atoms with Crippen molar-refractivity contribution in [2.24, 2.45) is 0 Å². The highest BCUT2D eigenvalue weighted by Crippen LogP contribution is 2.26. The van der Waals surface area contributed by atoms with Crippen molar-refractivity contribution in [1.82, 2.24) is 0 Å². The Kier molecular flexibility index (Phi) is 35.2. The first-order valence-corrected chi connectivity index (χ1v) is 25.2. The van der Waals surface area contributed by atoms with Crippen molar-refractivity contribution >= 4 is 11.9 Å². The minimum Gasteiger partial charge on any atom is -0.462 e. The third-order valence-corrected chi connectivity index (χ3v) is 11.4. The SMILES string of the molecule is CC/C=C/C/C=C/C/C=C/C/C=C/C/C=C/CCCC(=O)OC[C@@H](CO[C@@H]1O[C@H](CO[C@@H]2O[C@H](CO)[C@H](O)C(O)C2O)[C@H](O)C(O)C1O)OC(=O)CCCCCCC/C=C/C=C/CCCCCC. The van der Waals surface area contributed by atoms with E-state index >= 15 is 0 Å². The molecule has 68 heavy (non-hydrogen) atoms. The summed E-state index contributed by atoms with van der Waals surface area (Å²) in [4.78, 5) is 25.7. The maximum Gasteiger partial charge on any atom is 0.306 e. The van der Waals surface area contributed by atoms with Gasteiger partial charge in [-0.25, -0.2) is 0 Å². The third kappa shape index (κ3) is 27.2. The van der Waals surface area contributed by atoms with Crippen LogP contribution in [0, 0.1) is 0 Å². The lowest BCUT2D eigenvalue weighted by Gasteiger charge is -2.42. The predicted octanol–water partition coefficient (Wildman–Crippen LogP) is 6.82. The standard InChI is InChI=1S/C53H86O15/c1-3-5-7-9-11-13-15-17-19-20-22-23-25-27-29-31-33-35-44(55)63-38-41(66-45(56)36-34-32-30-28-26-24-21-18-16-14-12-10-8-6-4-2)39-64-52-51(62)49(60)47(58)43(68-52)40-65-53-50(61)48(59)46(57)42(37-54)67-53/h5,7,11,13-14,16-19,21-23,27,29,41-43,46-54,57-62H,3-4,6,8-10,12,15,20,24-26,28,30-40H2,1-2H3/b7-5+,13-11+,16-14+,19-17+,21-18+,23-22+,29-27+/t41-,42+,43+,46-,47-,48?,49?,50?,51?,52+,53+/m0/s1. The van der Waals surface area contributed by atoms with Crippen molar-refractivity contribution in [3.8, 4) is 0 Å². The van der Waals surface area contributed by atoms with Gasteiger partial charge in [0.15, 0.2) is 18.7 Å². The van der Waals surface area contributed by atoms with Crippen molar-refractivity contribution < 1.29 is 73.8 Å². The molecule has 2 rings (SSSR count). The monoisotopic (exact) mass is 963 g/mol. The van der Waals surface area contributed by atoms with Crippen LogP contribution < -0.4 is 0 Å². The molecule has 0 aromatic carbocycles. The molecule has 2 saturated heterocycles. The zero-order chi connectivity index (χ0) is 49.6. The third-order valence-electron chi connectivity index (χ3n) is 11.4. The first-order valence-electron chi connectivity index (χ1n) is 25.2. The number of hydrogen-bond acceptors (Lipinski definition) is 15. The summed E-state index contributed by atoms with van der Waals surface area (Å²) in [6.07, 6.45) is 30.4. The molecule has 2 aliphatic rings. The first kappa shape index (κ1) is 60.8. The second-order valence-corrected chi connectivity index (χ2v) is 17.3. The Morgan fingerprint density at radius 1 is 0.500 bits per heavy atom. The van der Waals surface area contributed by atoms with Crippen LogP contribution in [-0.4, -0.2) is 142 Å². The number of ether oxygens (including phenoxy) is 6. The minimum atomic E-state index is -1.78. The Morgan fingerprint density at radius 2 is 0.985 bits per heavy atom. The highest BCUT2D eigenvalue weighted by molar-refractivity contribution is 5.70. The molecule has 2 heterocycles. The molecule has 0 amide bonds. The van der Waals surface area contributed by atoms with Gasteiger partial charge in [0.2, 0.25) is 0 Å². The molecule has 0 radical (unpaired) electrons. The number of carbonyl (C=O) groups is 2. The van der Waals surface area contributed by atoms with E-state index in [4.69, 9.17) is 28.4 Å². The van der Waals surface area contributed by atoms with Crippen molar-refractivity contribution in [2.45, 2.75) is 210 Å². The van der Waals surface area contributed by atoms with Gasteiger partial charge in [0.1, 0.15) is 55.4 Å². The van der Waals surface area contributed by atoms with E-state index in [9.17, 15) is 45.3 Å². The van der Waals surface area contributed by atoms with Crippen LogP contribution in [0.4, 0.5) is 0 Å². The van der Waals surface area contributed by atoms with E-state index in [1.54, 1.807) is 0 Å². The average Bonchev–Trinajstić information content (AvgIpc) is 3.33. The molecular weight excluding hydrogens is 877 g/mol. The quantitative estimate of drug-likeness (QED) is 0.0147. The lowest BCUT2D eigenvalue weighted by molar-refractivity contribution is -0.332. The van der Waals surface area contributed by atoms with Crippen LogP contribution in [0.3, 0.4) is 0 Å². The predicted molar refractivity (Wildman–Crippen MR) is 261 cm³/mol. The molecule has 15 heteroatoms. The molecule has 0 saturated carbocycles. The van der Waals surface area contributed by atoms with Crippen LogP contribution in [0.2, 0.25) is 0 Å². The second kappa shape index (κ2) is 39.4. The van der Waals surface area contributed by atoms with Crippen LogP contribution in [0.5, 0.6) is 0 Å². The maximum atomic E-state index is 13.0. The van der Waals surface area contributed by atoms with Gasteiger partial charge in [-0.15, -0.1) is 0 Å². The fourth-order valence-corrected chi connectivity index (χ4v) is 7.24. The van der Waals surface area contributed by atoms with Crippen molar-refractivity contribution in [1.29, 1.82) is 0 Å². The zero-order valence-corrected chi connectivity index (χ0v) is 40.8. The number of hydrogen-bond donors (Lipinski definition) is 7. The molecule has 2 fully saturated rings.